The number of methoxy groups -OCH3 is 1. The van der Waals surface area contributed by atoms with Gasteiger partial charge in [0.05, 0.1) is 12.8 Å². The molecule has 1 amide bonds. The number of hydrogen-bond donors (Lipinski definition) is 1. The Morgan fingerprint density at radius 2 is 2.05 bits per heavy atom. The molecule has 1 aromatic heterocycles. The minimum Gasteiger partial charge on any atom is -0.464 e. The third-order valence-electron chi connectivity index (χ3n) is 3.25. The van der Waals surface area contributed by atoms with E-state index >= 15 is 0 Å². The number of nitrogens with one attached hydrogen (secondary N) is 1. The number of ether oxygens (including phenoxy) is 1. The molecule has 0 aliphatic rings. The highest BCUT2D eigenvalue weighted by Gasteiger charge is 2.16. The summed E-state index contributed by atoms with van der Waals surface area (Å²) in [7, 11) is 1.28. The monoisotopic (exact) mass is 300 g/mol. The van der Waals surface area contributed by atoms with E-state index in [4.69, 9.17) is 0 Å². The normalized spacial score (nSPS) is 10.1. The molecule has 0 fully saturated rings. The molecule has 0 aliphatic carbocycles. The Morgan fingerprint density at radius 1 is 1.27 bits per heavy atom. The first-order chi connectivity index (χ1) is 10.5. The van der Waals surface area contributed by atoms with Crippen molar-refractivity contribution in [1.82, 2.24) is 4.98 Å². The summed E-state index contributed by atoms with van der Waals surface area (Å²) in [6, 6.07) is 9.78. The lowest BCUT2D eigenvalue weighted by Gasteiger charge is -2.10. The van der Waals surface area contributed by atoms with Crippen LogP contribution in [-0.2, 0) is 16.0 Å². The largest absolute Gasteiger partial charge is 0.464 e. The lowest BCUT2D eigenvalue weighted by Crippen LogP contribution is -2.13. The van der Waals surface area contributed by atoms with Crippen LogP contribution in [0.4, 0.5) is 5.69 Å². The second-order valence-corrected chi connectivity index (χ2v) is 4.85. The number of aromatic nitrogens is 1. The molecule has 1 heterocycles. The zero-order valence-electron chi connectivity index (χ0n) is 12.8. The lowest BCUT2D eigenvalue weighted by molar-refractivity contribution is -0.114. The van der Waals surface area contributed by atoms with Gasteiger partial charge in [-0.05, 0) is 23.6 Å². The number of esters is 1. The molecule has 0 saturated heterocycles. The predicted octanol–water partition coefficient (Wildman–Crippen LogP) is 3.30. The van der Waals surface area contributed by atoms with Gasteiger partial charge in [-0.25, -0.2) is 9.78 Å². The van der Waals surface area contributed by atoms with Gasteiger partial charge >= 0.3 is 5.97 Å². The molecule has 1 aromatic carbocycles. The van der Waals surface area contributed by atoms with Crippen LogP contribution in [-0.4, -0.2) is 24.0 Å². The van der Waals surface area contributed by atoms with E-state index in [1.54, 1.807) is 12.3 Å². The van der Waals surface area contributed by atoms with Gasteiger partial charge in [-0.3, -0.25) is 4.79 Å². The van der Waals surface area contributed by atoms with Gasteiger partial charge in [-0.15, -0.1) is 0 Å². The van der Waals surface area contributed by atoms with Crippen LogP contribution in [0, 0.1) is 0 Å². The SMILES string of the molecule is CCc1cccc(-c2cnc(C(=O)OC)c(NC(C)=O)c2)c1.[HH]. The van der Waals surface area contributed by atoms with E-state index in [1.807, 2.05) is 12.1 Å². The van der Waals surface area contributed by atoms with Crippen molar-refractivity contribution in [3.8, 4) is 11.1 Å². The molecule has 2 aromatic rings. The fourth-order valence-electron chi connectivity index (χ4n) is 2.14. The second-order valence-electron chi connectivity index (χ2n) is 4.85. The Labute approximate surface area is 130 Å². The molecule has 0 spiro atoms. The van der Waals surface area contributed by atoms with E-state index in [1.165, 1.54) is 19.6 Å². The summed E-state index contributed by atoms with van der Waals surface area (Å²) in [6.45, 7) is 3.46. The van der Waals surface area contributed by atoms with Crippen molar-refractivity contribution in [1.29, 1.82) is 0 Å². The molecule has 22 heavy (non-hydrogen) atoms. The van der Waals surface area contributed by atoms with Crippen molar-refractivity contribution in [2.24, 2.45) is 0 Å². The minimum atomic E-state index is -0.586. The summed E-state index contributed by atoms with van der Waals surface area (Å²) in [6.07, 6.45) is 2.53. The number of aryl methyl sites for hydroxylation is 1. The maximum Gasteiger partial charge on any atom is 0.358 e. The summed E-state index contributed by atoms with van der Waals surface area (Å²) < 4.78 is 4.69. The van der Waals surface area contributed by atoms with Crippen LogP contribution in [0.25, 0.3) is 11.1 Å². The van der Waals surface area contributed by atoms with Crippen molar-refractivity contribution >= 4 is 17.6 Å². The number of anilines is 1. The molecule has 0 unspecified atom stereocenters. The zero-order valence-corrected chi connectivity index (χ0v) is 12.8. The van der Waals surface area contributed by atoms with Crippen molar-refractivity contribution in [3.05, 3.63) is 47.8 Å². The van der Waals surface area contributed by atoms with Crippen molar-refractivity contribution < 1.29 is 15.8 Å². The van der Waals surface area contributed by atoms with E-state index in [2.05, 4.69) is 34.1 Å². The molecule has 0 saturated carbocycles. The van der Waals surface area contributed by atoms with Gasteiger partial charge in [-0.1, -0.05) is 31.2 Å². The van der Waals surface area contributed by atoms with Crippen LogP contribution in [0.5, 0.6) is 0 Å². The molecular weight excluding hydrogens is 280 g/mol. The minimum absolute atomic E-state index is 0. The van der Waals surface area contributed by atoms with E-state index in [0.717, 1.165) is 17.5 Å². The van der Waals surface area contributed by atoms with Crippen LogP contribution in [0.2, 0.25) is 0 Å². The molecule has 0 atom stereocenters. The van der Waals surface area contributed by atoms with Crippen LogP contribution in [0.15, 0.2) is 36.5 Å². The Hall–Kier alpha value is -2.69. The summed E-state index contributed by atoms with van der Waals surface area (Å²) >= 11 is 0. The summed E-state index contributed by atoms with van der Waals surface area (Å²) in [5, 5.41) is 2.63. The van der Waals surface area contributed by atoms with Crippen LogP contribution >= 0.6 is 0 Å². The van der Waals surface area contributed by atoms with Gasteiger partial charge in [0.2, 0.25) is 5.91 Å². The first-order valence-electron chi connectivity index (χ1n) is 7.00. The highest BCUT2D eigenvalue weighted by Crippen LogP contribution is 2.25. The lowest BCUT2D eigenvalue weighted by atomic mass is 10.0. The van der Waals surface area contributed by atoms with Gasteiger partial charge in [0.1, 0.15) is 0 Å². The number of rotatable bonds is 4. The second kappa shape index (κ2) is 6.85. The van der Waals surface area contributed by atoms with E-state index < -0.39 is 5.97 Å². The Morgan fingerprint density at radius 3 is 2.68 bits per heavy atom. The topological polar surface area (TPSA) is 68.3 Å². The maximum atomic E-state index is 11.7. The highest BCUT2D eigenvalue weighted by molar-refractivity contribution is 6.00. The Kier molecular flexibility index (Phi) is 4.88. The molecule has 0 bridgehead atoms. The average Bonchev–Trinajstić information content (AvgIpc) is 2.53. The van der Waals surface area contributed by atoms with Crippen LogP contribution in [0.1, 0.15) is 31.3 Å². The van der Waals surface area contributed by atoms with Crippen molar-refractivity contribution in [2.75, 3.05) is 12.4 Å². The van der Waals surface area contributed by atoms with E-state index in [9.17, 15) is 9.59 Å². The smallest absolute Gasteiger partial charge is 0.358 e. The van der Waals surface area contributed by atoms with Gasteiger partial charge in [0.15, 0.2) is 5.69 Å². The van der Waals surface area contributed by atoms with Gasteiger partial charge in [0, 0.05) is 20.1 Å². The first kappa shape index (κ1) is 15.7. The zero-order chi connectivity index (χ0) is 16.1. The molecule has 2 rings (SSSR count). The van der Waals surface area contributed by atoms with E-state index in [0.29, 0.717) is 5.69 Å². The van der Waals surface area contributed by atoms with Crippen molar-refractivity contribution in [2.45, 2.75) is 20.3 Å². The summed E-state index contributed by atoms with van der Waals surface area (Å²) in [5.74, 6) is -0.857. The third-order valence-corrected chi connectivity index (χ3v) is 3.25. The molecule has 116 valence electrons. The van der Waals surface area contributed by atoms with E-state index in [-0.39, 0.29) is 13.0 Å². The molecule has 0 radical (unpaired) electrons. The fourth-order valence-corrected chi connectivity index (χ4v) is 2.14. The number of pyridine rings is 1. The van der Waals surface area contributed by atoms with Crippen LogP contribution < -0.4 is 5.32 Å². The summed E-state index contributed by atoms with van der Waals surface area (Å²) in [4.78, 5) is 27.2. The maximum absolute atomic E-state index is 11.7. The van der Waals surface area contributed by atoms with Gasteiger partial charge in [-0.2, -0.15) is 0 Å². The quantitative estimate of drug-likeness (QED) is 0.880. The average molecular weight is 300 g/mol. The number of hydrogen-bond acceptors (Lipinski definition) is 4. The molecule has 1 N–H and O–H groups in total. The Balaban J connectivity index is 0.00000264. The number of amides is 1. The molecular formula is C17H20N2O3. The van der Waals surface area contributed by atoms with Crippen LogP contribution in [0.3, 0.4) is 0 Å². The number of nitrogens with zero attached hydrogens (tertiary/aromatic N) is 1. The third kappa shape index (κ3) is 3.49. The molecule has 5 nitrogen and oxygen atoms in total. The highest BCUT2D eigenvalue weighted by atomic mass is 16.5. The number of carbonyl (C=O) groups excluding carboxylic acids is 2. The van der Waals surface area contributed by atoms with Gasteiger partial charge in [0.25, 0.3) is 0 Å². The summed E-state index contributed by atoms with van der Waals surface area (Å²) in [5.41, 5.74) is 3.45. The fraction of sp³-hybridized carbons (Fsp3) is 0.235. The molecule has 0 aliphatic heterocycles. The standard InChI is InChI=1S/C17H18N2O3.H2/c1-4-12-6-5-7-13(8-12)14-9-15(19-11(2)20)16(18-10-14)17(21)22-3;/h5-10H,4H2,1-3H3,(H,19,20);1H. The molecule has 5 heteroatoms. The van der Waals surface area contributed by atoms with Crippen molar-refractivity contribution in [3.63, 3.8) is 0 Å². The van der Waals surface area contributed by atoms with Gasteiger partial charge < -0.3 is 10.1 Å². The first-order valence-corrected chi connectivity index (χ1v) is 7.00. The predicted molar refractivity (Wildman–Crippen MR) is 86.8 cm³/mol. The number of carbonyl (C=O) groups is 2. The number of benzene rings is 1. The Bertz CT molecular complexity index is 717.